The molecule has 2 nitrogen and oxygen atoms in total. The third kappa shape index (κ3) is 5.32. The Morgan fingerprint density at radius 3 is 1.78 bits per heavy atom. The first-order valence-corrected chi connectivity index (χ1v) is 19.5. The fourth-order valence-corrected chi connectivity index (χ4v) is 9.34. The molecule has 0 N–H and O–H groups in total. The van der Waals surface area contributed by atoms with Crippen molar-refractivity contribution in [2.45, 2.75) is 0 Å². The molecular weight excluding hydrogens is 687 g/mol. The topological polar surface area (TPSA) is 16.4 Å². The standard InChI is InChI=1S/C52H33NOS/c1-2-14-41-35(11-1)12-9-20-48(41)53(38-28-23-34(24-29-38)37-27-32-51-47(33-37)44-17-6-8-22-50(44)55-51)39-30-25-36(26-31-39)40-13-3-4-15-42(40)45-18-10-19-46-43-16-5-7-21-49(43)54-52(45)46/h1-33H. The molecule has 0 spiro atoms. The normalized spacial score (nSPS) is 11.6. The molecule has 2 heterocycles. The van der Waals surface area contributed by atoms with Gasteiger partial charge in [-0.1, -0.05) is 146 Å². The van der Waals surface area contributed by atoms with E-state index < -0.39 is 0 Å². The van der Waals surface area contributed by atoms with Crippen LogP contribution in [0, 0.1) is 0 Å². The van der Waals surface area contributed by atoms with Crippen molar-refractivity contribution in [2.75, 3.05) is 4.90 Å². The van der Waals surface area contributed by atoms with Crippen LogP contribution in [0.5, 0.6) is 0 Å². The Bertz CT molecular complexity index is 3200. The lowest BCUT2D eigenvalue weighted by atomic mass is 9.93. The van der Waals surface area contributed by atoms with Crippen molar-refractivity contribution >= 4 is 81.3 Å². The number of benzene rings is 9. The van der Waals surface area contributed by atoms with Gasteiger partial charge in [-0.15, -0.1) is 11.3 Å². The number of hydrogen-bond acceptors (Lipinski definition) is 3. The molecule has 3 heteroatoms. The second-order valence-electron chi connectivity index (χ2n) is 14.1. The molecule has 0 fully saturated rings. The van der Waals surface area contributed by atoms with Gasteiger partial charge in [0, 0.05) is 53.3 Å². The van der Waals surface area contributed by atoms with Gasteiger partial charge < -0.3 is 9.32 Å². The average molecular weight is 720 g/mol. The minimum Gasteiger partial charge on any atom is -0.455 e. The van der Waals surface area contributed by atoms with Gasteiger partial charge in [0.1, 0.15) is 11.2 Å². The second kappa shape index (κ2) is 12.9. The van der Waals surface area contributed by atoms with Gasteiger partial charge >= 0.3 is 0 Å². The lowest BCUT2D eigenvalue weighted by molar-refractivity contribution is 0.670. The smallest absolute Gasteiger partial charge is 0.143 e. The molecule has 0 bridgehead atoms. The van der Waals surface area contributed by atoms with Crippen LogP contribution < -0.4 is 4.90 Å². The van der Waals surface area contributed by atoms with Crippen molar-refractivity contribution < 1.29 is 4.42 Å². The van der Waals surface area contributed by atoms with Crippen LogP contribution in [0.4, 0.5) is 17.1 Å². The van der Waals surface area contributed by atoms with Gasteiger partial charge in [-0.3, -0.25) is 0 Å². The summed E-state index contributed by atoms with van der Waals surface area (Å²) >= 11 is 1.86. The van der Waals surface area contributed by atoms with Crippen LogP contribution in [0.2, 0.25) is 0 Å². The fourth-order valence-electron chi connectivity index (χ4n) is 8.26. The highest BCUT2D eigenvalue weighted by Crippen LogP contribution is 2.43. The van der Waals surface area contributed by atoms with Crippen LogP contribution in [-0.4, -0.2) is 0 Å². The van der Waals surface area contributed by atoms with Crippen molar-refractivity contribution in [1.29, 1.82) is 0 Å². The number of thiophene rings is 1. The summed E-state index contributed by atoms with van der Waals surface area (Å²) in [4.78, 5) is 2.38. The average Bonchev–Trinajstić information content (AvgIpc) is 3.83. The highest BCUT2D eigenvalue weighted by Gasteiger charge is 2.18. The first-order valence-electron chi connectivity index (χ1n) is 18.7. The van der Waals surface area contributed by atoms with E-state index in [-0.39, 0.29) is 0 Å². The van der Waals surface area contributed by atoms with Crippen molar-refractivity contribution in [3.8, 4) is 33.4 Å². The Balaban J connectivity index is 1.00. The SMILES string of the molecule is c1ccc(-c2cccc3c2oc2ccccc23)c(-c2ccc(N(c3ccc(-c4ccc5sc6ccccc6c5c4)cc3)c3cccc4ccccc34)cc2)c1. The third-order valence-corrected chi connectivity index (χ3v) is 12.1. The van der Waals surface area contributed by atoms with Gasteiger partial charge in [0.15, 0.2) is 0 Å². The summed E-state index contributed by atoms with van der Waals surface area (Å²) in [7, 11) is 0. The maximum Gasteiger partial charge on any atom is 0.143 e. The zero-order valence-corrected chi connectivity index (χ0v) is 30.6. The van der Waals surface area contributed by atoms with Crippen molar-refractivity contribution in [1.82, 2.24) is 0 Å². The minimum atomic E-state index is 0.908. The quantitative estimate of drug-likeness (QED) is 0.170. The van der Waals surface area contributed by atoms with Crippen LogP contribution in [0.3, 0.4) is 0 Å². The number of fused-ring (bicyclic) bond motifs is 7. The molecule has 0 atom stereocenters. The maximum atomic E-state index is 6.48. The number of para-hydroxylation sites is 2. The van der Waals surface area contributed by atoms with Crippen LogP contribution >= 0.6 is 11.3 Å². The van der Waals surface area contributed by atoms with E-state index in [0.717, 1.165) is 55.7 Å². The number of furan rings is 1. The molecule has 11 rings (SSSR count). The van der Waals surface area contributed by atoms with Crippen LogP contribution in [-0.2, 0) is 0 Å². The van der Waals surface area contributed by atoms with E-state index in [1.807, 2.05) is 23.5 Å². The third-order valence-electron chi connectivity index (χ3n) is 10.9. The first-order chi connectivity index (χ1) is 27.3. The molecule has 0 aliphatic rings. The molecule has 0 unspecified atom stereocenters. The Morgan fingerprint density at radius 2 is 0.945 bits per heavy atom. The number of rotatable bonds is 6. The van der Waals surface area contributed by atoms with E-state index in [4.69, 9.17) is 4.42 Å². The van der Waals surface area contributed by atoms with Gasteiger partial charge in [0.25, 0.3) is 0 Å². The van der Waals surface area contributed by atoms with Crippen LogP contribution in [0.1, 0.15) is 0 Å². The van der Waals surface area contributed by atoms with E-state index in [1.54, 1.807) is 0 Å². The molecular formula is C52H33NOS. The second-order valence-corrected chi connectivity index (χ2v) is 15.1. The van der Waals surface area contributed by atoms with E-state index >= 15 is 0 Å². The summed E-state index contributed by atoms with van der Waals surface area (Å²) < 4.78 is 9.12. The van der Waals surface area contributed by atoms with Crippen LogP contribution in [0.25, 0.3) is 86.3 Å². The lowest BCUT2D eigenvalue weighted by Crippen LogP contribution is -2.10. The summed E-state index contributed by atoms with van der Waals surface area (Å²) in [5.74, 6) is 0. The molecule has 9 aromatic carbocycles. The molecule has 0 radical (unpaired) electrons. The van der Waals surface area contributed by atoms with E-state index in [9.17, 15) is 0 Å². The van der Waals surface area contributed by atoms with Gasteiger partial charge in [0.05, 0.1) is 5.69 Å². The maximum absolute atomic E-state index is 6.48. The van der Waals surface area contributed by atoms with Gasteiger partial charge in [-0.25, -0.2) is 0 Å². The highest BCUT2D eigenvalue weighted by atomic mass is 32.1. The van der Waals surface area contributed by atoms with Crippen molar-refractivity contribution in [2.24, 2.45) is 0 Å². The molecule has 258 valence electrons. The molecule has 0 aliphatic carbocycles. The largest absolute Gasteiger partial charge is 0.455 e. The monoisotopic (exact) mass is 719 g/mol. The van der Waals surface area contributed by atoms with Gasteiger partial charge in [-0.05, 0) is 87.8 Å². The summed E-state index contributed by atoms with van der Waals surface area (Å²) in [6.45, 7) is 0. The first kappa shape index (κ1) is 31.6. The number of nitrogens with zero attached hydrogens (tertiary/aromatic N) is 1. The summed E-state index contributed by atoms with van der Waals surface area (Å²) in [5.41, 5.74) is 12.1. The Kier molecular flexibility index (Phi) is 7.39. The molecule has 0 amide bonds. The predicted molar refractivity (Wildman–Crippen MR) is 235 cm³/mol. The Hall–Kier alpha value is -6.94. The zero-order chi connectivity index (χ0) is 36.3. The minimum absolute atomic E-state index is 0.908. The van der Waals surface area contributed by atoms with Crippen molar-refractivity contribution in [3.05, 3.63) is 200 Å². The fraction of sp³-hybridized carbons (Fsp3) is 0. The molecule has 0 saturated carbocycles. The van der Waals surface area contributed by atoms with E-state index in [0.29, 0.717) is 0 Å². The molecule has 2 aromatic heterocycles. The zero-order valence-electron chi connectivity index (χ0n) is 29.8. The number of hydrogen-bond donors (Lipinski definition) is 0. The lowest BCUT2D eigenvalue weighted by Gasteiger charge is -2.27. The predicted octanol–water partition coefficient (Wildman–Crippen LogP) is 15.6. The van der Waals surface area contributed by atoms with Gasteiger partial charge in [-0.2, -0.15) is 0 Å². The van der Waals surface area contributed by atoms with Crippen molar-refractivity contribution in [3.63, 3.8) is 0 Å². The van der Waals surface area contributed by atoms with E-state index in [1.165, 1.54) is 47.6 Å². The van der Waals surface area contributed by atoms with Crippen LogP contribution in [0.15, 0.2) is 205 Å². The number of anilines is 3. The Labute approximate surface area is 322 Å². The summed E-state index contributed by atoms with van der Waals surface area (Å²) in [5, 5.41) is 7.33. The van der Waals surface area contributed by atoms with E-state index in [2.05, 4.69) is 193 Å². The molecule has 11 aromatic rings. The molecule has 0 saturated heterocycles. The van der Waals surface area contributed by atoms with Gasteiger partial charge in [0.2, 0.25) is 0 Å². The summed E-state index contributed by atoms with van der Waals surface area (Å²) in [6.07, 6.45) is 0. The Morgan fingerprint density at radius 1 is 0.364 bits per heavy atom. The summed E-state index contributed by atoms with van der Waals surface area (Å²) in [6, 6.07) is 72.2. The molecule has 0 aliphatic heterocycles. The molecule has 55 heavy (non-hydrogen) atoms. The highest BCUT2D eigenvalue weighted by molar-refractivity contribution is 7.25.